The van der Waals surface area contributed by atoms with E-state index in [1.54, 1.807) is 12.5 Å². The van der Waals surface area contributed by atoms with E-state index < -0.39 is 0 Å². The van der Waals surface area contributed by atoms with Crippen LogP contribution in [0.15, 0.2) is 41.1 Å². The van der Waals surface area contributed by atoms with Crippen LogP contribution in [0.5, 0.6) is 0 Å². The quantitative estimate of drug-likeness (QED) is 0.850. The fraction of sp³-hybridized carbons (Fsp3) is 0.250. The first-order valence-corrected chi connectivity index (χ1v) is 5.09. The SMILES string of the molecule is CN(Cc1ccco1)c1ccnc(CO)c1. The molecule has 0 saturated heterocycles. The first-order valence-electron chi connectivity index (χ1n) is 5.09. The highest BCUT2D eigenvalue weighted by atomic mass is 16.3. The highest BCUT2D eigenvalue weighted by Gasteiger charge is 2.04. The standard InChI is InChI=1S/C12H14N2O2/c1-14(8-12-3-2-6-16-12)11-4-5-13-10(7-11)9-15/h2-7,15H,8-9H2,1H3. The number of furan rings is 1. The predicted octanol–water partition coefficient (Wildman–Crippen LogP) is 1.80. The van der Waals surface area contributed by atoms with E-state index in [-0.39, 0.29) is 6.61 Å². The molecule has 0 unspecified atom stereocenters. The van der Waals surface area contributed by atoms with E-state index >= 15 is 0 Å². The molecule has 4 heteroatoms. The van der Waals surface area contributed by atoms with Gasteiger partial charge in [-0.15, -0.1) is 0 Å². The minimum Gasteiger partial charge on any atom is -0.467 e. The molecule has 0 atom stereocenters. The smallest absolute Gasteiger partial charge is 0.123 e. The molecule has 0 spiro atoms. The van der Waals surface area contributed by atoms with Gasteiger partial charge in [-0.2, -0.15) is 0 Å². The molecule has 2 aromatic heterocycles. The number of anilines is 1. The summed E-state index contributed by atoms with van der Waals surface area (Å²) in [4.78, 5) is 6.08. The van der Waals surface area contributed by atoms with Gasteiger partial charge in [0.15, 0.2) is 0 Å². The number of hydrogen-bond donors (Lipinski definition) is 1. The molecule has 1 N–H and O–H groups in total. The summed E-state index contributed by atoms with van der Waals surface area (Å²) < 4.78 is 5.28. The second-order valence-electron chi connectivity index (χ2n) is 3.60. The molecule has 0 radical (unpaired) electrons. The highest BCUT2D eigenvalue weighted by Crippen LogP contribution is 2.15. The molecule has 0 bridgehead atoms. The van der Waals surface area contributed by atoms with Gasteiger partial charge in [0.1, 0.15) is 5.76 Å². The summed E-state index contributed by atoms with van der Waals surface area (Å²) >= 11 is 0. The van der Waals surface area contributed by atoms with Gasteiger partial charge in [0.25, 0.3) is 0 Å². The zero-order valence-electron chi connectivity index (χ0n) is 9.13. The summed E-state index contributed by atoms with van der Waals surface area (Å²) in [6.45, 7) is 0.657. The topological polar surface area (TPSA) is 49.5 Å². The van der Waals surface area contributed by atoms with Crippen molar-refractivity contribution >= 4 is 5.69 Å². The Morgan fingerprint density at radius 1 is 1.44 bits per heavy atom. The zero-order chi connectivity index (χ0) is 11.4. The van der Waals surface area contributed by atoms with E-state index in [1.807, 2.05) is 36.2 Å². The Morgan fingerprint density at radius 3 is 3.00 bits per heavy atom. The second kappa shape index (κ2) is 4.81. The Morgan fingerprint density at radius 2 is 2.31 bits per heavy atom. The lowest BCUT2D eigenvalue weighted by atomic mass is 10.3. The molecule has 0 aliphatic heterocycles. The predicted molar refractivity (Wildman–Crippen MR) is 61.0 cm³/mol. The van der Waals surface area contributed by atoms with E-state index in [2.05, 4.69) is 4.98 Å². The van der Waals surface area contributed by atoms with Crippen molar-refractivity contribution in [3.8, 4) is 0 Å². The number of nitrogens with zero attached hydrogens (tertiary/aromatic N) is 2. The molecule has 16 heavy (non-hydrogen) atoms. The van der Waals surface area contributed by atoms with Crippen molar-refractivity contribution in [3.05, 3.63) is 48.2 Å². The van der Waals surface area contributed by atoms with Gasteiger partial charge in [0, 0.05) is 18.9 Å². The lowest BCUT2D eigenvalue weighted by molar-refractivity contribution is 0.277. The Hall–Kier alpha value is -1.81. The minimum atomic E-state index is -0.0393. The number of rotatable bonds is 4. The van der Waals surface area contributed by atoms with Gasteiger partial charge in [-0.25, -0.2) is 0 Å². The van der Waals surface area contributed by atoms with Crippen LogP contribution >= 0.6 is 0 Å². The Bertz CT molecular complexity index is 440. The third-order valence-electron chi connectivity index (χ3n) is 2.38. The van der Waals surface area contributed by atoms with Gasteiger partial charge >= 0.3 is 0 Å². The third-order valence-corrected chi connectivity index (χ3v) is 2.38. The van der Waals surface area contributed by atoms with Crippen molar-refractivity contribution in [1.29, 1.82) is 0 Å². The summed E-state index contributed by atoms with van der Waals surface area (Å²) in [7, 11) is 1.97. The summed E-state index contributed by atoms with van der Waals surface area (Å²) in [6, 6.07) is 7.57. The summed E-state index contributed by atoms with van der Waals surface area (Å²) in [5.74, 6) is 0.907. The number of aliphatic hydroxyl groups is 1. The lowest BCUT2D eigenvalue weighted by Gasteiger charge is -2.18. The van der Waals surface area contributed by atoms with Gasteiger partial charge in [0.05, 0.1) is 25.1 Å². The van der Waals surface area contributed by atoms with Crippen molar-refractivity contribution in [2.24, 2.45) is 0 Å². The Balaban J connectivity index is 2.11. The maximum atomic E-state index is 9.00. The van der Waals surface area contributed by atoms with Gasteiger partial charge in [-0.05, 0) is 24.3 Å². The van der Waals surface area contributed by atoms with E-state index in [1.165, 1.54) is 0 Å². The number of hydrogen-bond acceptors (Lipinski definition) is 4. The van der Waals surface area contributed by atoms with Crippen LogP contribution in [0, 0.1) is 0 Å². The maximum Gasteiger partial charge on any atom is 0.123 e. The molecule has 4 nitrogen and oxygen atoms in total. The Labute approximate surface area is 94.2 Å². The van der Waals surface area contributed by atoms with Crippen LogP contribution < -0.4 is 4.90 Å². The average Bonchev–Trinajstić information content (AvgIpc) is 2.82. The monoisotopic (exact) mass is 218 g/mol. The van der Waals surface area contributed by atoms with Crippen LogP contribution in [0.2, 0.25) is 0 Å². The van der Waals surface area contributed by atoms with E-state index in [9.17, 15) is 0 Å². The van der Waals surface area contributed by atoms with Crippen LogP contribution in [0.3, 0.4) is 0 Å². The van der Waals surface area contributed by atoms with Gasteiger partial charge < -0.3 is 14.4 Å². The van der Waals surface area contributed by atoms with Crippen molar-refractivity contribution in [3.63, 3.8) is 0 Å². The molecule has 0 aliphatic rings. The van der Waals surface area contributed by atoms with Crippen LogP contribution in [0.25, 0.3) is 0 Å². The molecule has 0 saturated carbocycles. The lowest BCUT2D eigenvalue weighted by Crippen LogP contribution is -2.16. The molecule has 0 aromatic carbocycles. The zero-order valence-corrected chi connectivity index (χ0v) is 9.13. The maximum absolute atomic E-state index is 9.00. The first kappa shape index (κ1) is 10.7. The van der Waals surface area contributed by atoms with Gasteiger partial charge in [0.2, 0.25) is 0 Å². The number of aromatic nitrogens is 1. The normalized spacial score (nSPS) is 10.4. The molecule has 2 heterocycles. The third kappa shape index (κ3) is 2.41. The van der Waals surface area contributed by atoms with E-state index in [0.29, 0.717) is 12.2 Å². The van der Waals surface area contributed by atoms with Crippen molar-refractivity contribution in [2.45, 2.75) is 13.2 Å². The van der Waals surface area contributed by atoms with Gasteiger partial charge in [-0.1, -0.05) is 0 Å². The average molecular weight is 218 g/mol. The van der Waals surface area contributed by atoms with Crippen LogP contribution in [0.4, 0.5) is 5.69 Å². The number of pyridine rings is 1. The summed E-state index contributed by atoms with van der Waals surface area (Å²) in [5.41, 5.74) is 1.68. The van der Waals surface area contributed by atoms with Crippen molar-refractivity contribution in [1.82, 2.24) is 4.98 Å². The van der Waals surface area contributed by atoms with Crippen molar-refractivity contribution in [2.75, 3.05) is 11.9 Å². The fourth-order valence-electron chi connectivity index (χ4n) is 1.52. The minimum absolute atomic E-state index is 0.0393. The molecule has 84 valence electrons. The molecule has 0 amide bonds. The molecule has 0 aliphatic carbocycles. The number of aliphatic hydroxyl groups excluding tert-OH is 1. The van der Waals surface area contributed by atoms with Crippen molar-refractivity contribution < 1.29 is 9.52 Å². The molecular formula is C12H14N2O2. The largest absolute Gasteiger partial charge is 0.467 e. The van der Waals surface area contributed by atoms with Crippen LogP contribution in [-0.4, -0.2) is 17.1 Å². The molecular weight excluding hydrogens is 204 g/mol. The van der Waals surface area contributed by atoms with E-state index in [0.717, 1.165) is 11.4 Å². The Kier molecular flexibility index (Phi) is 3.22. The first-order chi connectivity index (χ1) is 7.79. The van der Waals surface area contributed by atoms with E-state index in [4.69, 9.17) is 9.52 Å². The second-order valence-corrected chi connectivity index (χ2v) is 3.60. The molecule has 2 rings (SSSR count). The van der Waals surface area contributed by atoms with Gasteiger partial charge in [-0.3, -0.25) is 4.98 Å². The fourth-order valence-corrected chi connectivity index (χ4v) is 1.52. The highest BCUT2D eigenvalue weighted by molar-refractivity contribution is 5.45. The van der Waals surface area contributed by atoms with Crippen LogP contribution in [-0.2, 0) is 13.2 Å². The molecule has 2 aromatic rings. The molecule has 0 fully saturated rings. The summed E-state index contributed by atoms with van der Waals surface area (Å²) in [5, 5.41) is 9.00. The van der Waals surface area contributed by atoms with Crippen LogP contribution in [0.1, 0.15) is 11.5 Å². The summed E-state index contributed by atoms with van der Waals surface area (Å²) in [6.07, 6.45) is 3.36.